The number of aromatic nitrogens is 4. The number of nitrogens with zero attached hydrogens (tertiary/aromatic N) is 4. The monoisotopic (exact) mass is 373 g/mol. The highest BCUT2D eigenvalue weighted by atomic mass is 35.5. The summed E-state index contributed by atoms with van der Waals surface area (Å²) in [4.78, 5) is 0.587. The van der Waals surface area contributed by atoms with Gasteiger partial charge in [-0.1, -0.05) is 22.9 Å². The Labute approximate surface area is 141 Å². The molecule has 0 saturated heterocycles. The average molecular weight is 374 g/mol. The van der Waals surface area contributed by atoms with Crippen LogP contribution >= 0.6 is 22.9 Å². The number of hydrogen-bond acceptors (Lipinski definition) is 7. The first-order chi connectivity index (χ1) is 10.9. The molecule has 0 bridgehead atoms. The second-order valence-corrected chi connectivity index (χ2v) is 7.77. The lowest BCUT2D eigenvalue weighted by molar-refractivity contribution is 0.402. The molecule has 2 aromatic heterocycles. The van der Waals surface area contributed by atoms with Crippen molar-refractivity contribution < 1.29 is 13.2 Å². The highest BCUT2D eigenvalue weighted by Crippen LogP contribution is 2.27. The van der Waals surface area contributed by atoms with Gasteiger partial charge in [-0.2, -0.15) is 9.61 Å². The quantitative estimate of drug-likeness (QED) is 0.729. The van der Waals surface area contributed by atoms with E-state index in [9.17, 15) is 8.42 Å². The molecule has 0 fully saturated rings. The lowest BCUT2D eigenvalue weighted by atomic mass is 10.3. The third-order valence-corrected chi connectivity index (χ3v) is 5.57. The van der Waals surface area contributed by atoms with Gasteiger partial charge in [0.15, 0.2) is 5.82 Å². The normalized spacial score (nSPS) is 12.0. The smallest absolute Gasteiger partial charge is 0.244 e. The van der Waals surface area contributed by atoms with Crippen molar-refractivity contribution in [1.29, 1.82) is 0 Å². The summed E-state index contributed by atoms with van der Waals surface area (Å²) >= 11 is 7.14. The van der Waals surface area contributed by atoms with E-state index in [1.165, 1.54) is 30.6 Å². The Bertz CT molecular complexity index is 966. The van der Waals surface area contributed by atoms with Gasteiger partial charge in [-0.25, -0.2) is 13.1 Å². The van der Waals surface area contributed by atoms with Crippen LogP contribution in [-0.2, 0) is 16.6 Å². The molecule has 0 radical (unpaired) electrons. The van der Waals surface area contributed by atoms with Gasteiger partial charge in [-0.3, -0.25) is 0 Å². The zero-order chi connectivity index (χ0) is 16.6. The predicted molar refractivity (Wildman–Crippen MR) is 85.4 cm³/mol. The lowest BCUT2D eigenvalue weighted by Crippen LogP contribution is -2.23. The lowest BCUT2D eigenvalue weighted by Gasteiger charge is -2.10. The Kier molecular flexibility index (Phi) is 4.23. The molecule has 0 aliphatic heterocycles. The van der Waals surface area contributed by atoms with Gasteiger partial charge in [0, 0.05) is 5.02 Å². The second-order valence-electron chi connectivity index (χ2n) is 4.56. The van der Waals surface area contributed by atoms with Gasteiger partial charge in [0.25, 0.3) is 0 Å². The van der Waals surface area contributed by atoms with Gasteiger partial charge in [-0.15, -0.1) is 10.2 Å². The average Bonchev–Trinajstić information content (AvgIpc) is 3.07. The number of rotatable bonds is 5. The summed E-state index contributed by atoms with van der Waals surface area (Å²) in [6.07, 6.45) is 0. The Hall–Kier alpha value is -1.75. The molecule has 0 aliphatic rings. The molecule has 11 heteroatoms. The Balaban J connectivity index is 1.85. The van der Waals surface area contributed by atoms with E-state index in [1.807, 2.05) is 0 Å². The Morgan fingerprint density at radius 2 is 2.17 bits per heavy atom. The Morgan fingerprint density at radius 3 is 2.87 bits per heavy atom. The van der Waals surface area contributed by atoms with Crippen LogP contribution in [0.2, 0.25) is 5.02 Å². The number of nitrogens with one attached hydrogen (secondary N) is 1. The maximum atomic E-state index is 12.5. The topological polar surface area (TPSA) is 98.5 Å². The molecule has 0 aliphatic carbocycles. The van der Waals surface area contributed by atoms with Crippen LogP contribution < -0.4 is 9.46 Å². The van der Waals surface area contributed by atoms with Gasteiger partial charge < -0.3 is 4.74 Å². The SMILES string of the molecule is COc1ccc(Cl)cc1S(=O)(=O)NCc1nn2c(C)nnc2s1. The summed E-state index contributed by atoms with van der Waals surface area (Å²) in [7, 11) is -2.40. The van der Waals surface area contributed by atoms with E-state index in [4.69, 9.17) is 16.3 Å². The molecule has 1 N–H and O–H groups in total. The van der Waals surface area contributed by atoms with E-state index in [0.29, 0.717) is 20.8 Å². The number of benzene rings is 1. The molecule has 3 aromatic rings. The molecule has 2 heterocycles. The summed E-state index contributed by atoms with van der Waals surface area (Å²) < 4.78 is 34.0. The van der Waals surface area contributed by atoms with E-state index < -0.39 is 10.0 Å². The van der Waals surface area contributed by atoms with Crippen LogP contribution in [0.25, 0.3) is 4.96 Å². The first-order valence-electron chi connectivity index (χ1n) is 6.41. The van der Waals surface area contributed by atoms with Gasteiger partial charge in [0.1, 0.15) is 15.7 Å². The molecule has 1 aromatic carbocycles. The zero-order valence-electron chi connectivity index (χ0n) is 12.1. The van der Waals surface area contributed by atoms with E-state index >= 15 is 0 Å². The number of sulfonamides is 1. The predicted octanol–water partition coefficient (Wildman–Crippen LogP) is 1.63. The molecule has 8 nitrogen and oxygen atoms in total. The number of methoxy groups -OCH3 is 1. The maximum absolute atomic E-state index is 12.5. The van der Waals surface area contributed by atoms with E-state index in [-0.39, 0.29) is 17.2 Å². The van der Waals surface area contributed by atoms with Gasteiger partial charge in [0.2, 0.25) is 15.0 Å². The number of aryl methyl sites for hydroxylation is 1. The fraction of sp³-hybridized carbons (Fsp3) is 0.250. The van der Waals surface area contributed by atoms with Crippen molar-refractivity contribution in [3.05, 3.63) is 34.1 Å². The first-order valence-corrected chi connectivity index (χ1v) is 9.09. The minimum absolute atomic E-state index is 0.0216. The van der Waals surface area contributed by atoms with Crippen LogP contribution in [0.4, 0.5) is 0 Å². The fourth-order valence-corrected chi connectivity index (χ4v) is 4.25. The highest BCUT2D eigenvalue weighted by molar-refractivity contribution is 7.89. The molecule has 122 valence electrons. The summed E-state index contributed by atoms with van der Waals surface area (Å²) in [5.74, 6) is 0.859. The van der Waals surface area contributed by atoms with Gasteiger partial charge >= 0.3 is 0 Å². The number of hydrogen-bond donors (Lipinski definition) is 1. The van der Waals surface area contributed by atoms with Crippen molar-refractivity contribution in [3.8, 4) is 5.75 Å². The van der Waals surface area contributed by atoms with Crippen molar-refractivity contribution in [1.82, 2.24) is 24.5 Å². The maximum Gasteiger partial charge on any atom is 0.244 e. The number of halogens is 1. The molecule has 0 atom stereocenters. The van der Waals surface area contributed by atoms with E-state index in [1.54, 1.807) is 17.5 Å². The molecular formula is C12H12ClN5O3S2. The largest absolute Gasteiger partial charge is 0.495 e. The highest BCUT2D eigenvalue weighted by Gasteiger charge is 2.21. The summed E-state index contributed by atoms with van der Waals surface area (Å²) in [6, 6.07) is 4.40. The molecule has 0 saturated carbocycles. The molecule has 23 heavy (non-hydrogen) atoms. The van der Waals surface area contributed by atoms with Crippen molar-refractivity contribution in [2.45, 2.75) is 18.4 Å². The standard InChI is InChI=1S/C12H12ClN5O3S2/c1-7-15-16-12-18(7)17-11(22-12)6-14-23(19,20)10-5-8(13)3-4-9(10)21-2/h3-5,14H,6H2,1-2H3. The Morgan fingerprint density at radius 1 is 1.39 bits per heavy atom. The summed E-state index contributed by atoms with van der Waals surface area (Å²) in [5.41, 5.74) is 0. The minimum Gasteiger partial charge on any atom is -0.495 e. The van der Waals surface area contributed by atoms with Crippen LogP contribution in [0, 0.1) is 6.92 Å². The first kappa shape index (κ1) is 16.1. The third-order valence-electron chi connectivity index (χ3n) is 3.02. The zero-order valence-corrected chi connectivity index (χ0v) is 14.5. The summed E-state index contributed by atoms with van der Waals surface area (Å²) in [5, 5.41) is 12.9. The number of ether oxygens (including phenoxy) is 1. The van der Waals surface area contributed by atoms with Crippen LogP contribution in [-0.4, -0.2) is 35.3 Å². The van der Waals surface area contributed by atoms with Crippen molar-refractivity contribution in [2.75, 3.05) is 7.11 Å². The number of fused-ring (bicyclic) bond motifs is 1. The fourth-order valence-electron chi connectivity index (χ4n) is 1.92. The molecule has 0 unspecified atom stereocenters. The van der Waals surface area contributed by atoms with Gasteiger partial charge in [0.05, 0.1) is 13.7 Å². The molecule has 0 amide bonds. The molecule has 0 spiro atoms. The third kappa shape index (κ3) is 3.15. The van der Waals surface area contributed by atoms with Crippen molar-refractivity contribution >= 4 is 37.9 Å². The molecule has 3 rings (SSSR count). The van der Waals surface area contributed by atoms with E-state index in [0.717, 1.165) is 0 Å². The van der Waals surface area contributed by atoms with E-state index in [2.05, 4.69) is 20.0 Å². The van der Waals surface area contributed by atoms with Gasteiger partial charge in [-0.05, 0) is 25.1 Å². The van der Waals surface area contributed by atoms with Crippen LogP contribution in [0.1, 0.15) is 10.8 Å². The van der Waals surface area contributed by atoms with Crippen molar-refractivity contribution in [2.24, 2.45) is 0 Å². The second kappa shape index (κ2) is 6.04. The van der Waals surface area contributed by atoms with Crippen molar-refractivity contribution in [3.63, 3.8) is 0 Å². The molecular weight excluding hydrogens is 362 g/mol. The van der Waals surface area contributed by atoms with Crippen LogP contribution in [0.5, 0.6) is 5.75 Å². The van der Waals surface area contributed by atoms with Crippen LogP contribution in [0.3, 0.4) is 0 Å². The minimum atomic E-state index is -3.79. The summed E-state index contributed by atoms with van der Waals surface area (Å²) in [6.45, 7) is 1.80. The van der Waals surface area contributed by atoms with Crippen LogP contribution in [0.15, 0.2) is 23.1 Å².